The van der Waals surface area contributed by atoms with Crippen LogP contribution in [0.15, 0.2) is 47.4 Å². The van der Waals surface area contributed by atoms with Crippen molar-refractivity contribution in [3.8, 4) is 6.07 Å². The van der Waals surface area contributed by atoms with Crippen LogP contribution in [0.4, 0.5) is 5.69 Å². The molecule has 8 heteroatoms. The summed E-state index contributed by atoms with van der Waals surface area (Å²) in [6, 6.07) is 11.7. The Kier molecular flexibility index (Phi) is 3.58. The predicted octanol–water partition coefficient (Wildman–Crippen LogP) is 1.58. The summed E-state index contributed by atoms with van der Waals surface area (Å²) in [6.07, 6.45) is 0. The van der Waals surface area contributed by atoms with E-state index in [1.807, 2.05) is 6.07 Å². The molecule has 0 atom stereocenters. The first-order valence-corrected chi connectivity index (χ1v) is 8.32. The van der Waals surface area contributed by atoms with Crippen LogP contribution in [0.5, 0.6) is 0 Å². The Balaban J connectivity index is 2.00. The minimum absolute atomic E-state index is 0.0112. The monoisotopic (exact) mass is 341 g/mol. The Labute approximate surface area is 138 Å². The molecule has 0 saturated heterocycles. The summed E-state index contributed by atoms with van der Waals surface area (Å²) in [5, 5.41) is 9.04. The molecule has 1 aliphatic rings. The second kappa shape index (κ2) is 5.47. The number of hydrogen-bond acceptors (Lipinski definition) is 5. The zero-order valence-corrected chi connectivity index (χ0v) is 13.3. The normalized spacial score (nSPS) is 13.6. The lowest BCUT2D eigenvalue weighted by Gasteiger charge is -2.09. The minimum Gasteiger partial charge on any atom is -0.280 e. The second-order valence-corrected chi connectivity index (χ2v) is 6.79. The number of sulfonamides is 1. The standard InChI is InChI=1S/C16H11N3O4S/c1-19-15(20)12-7-6-11(8-13(12)16(19)21)18-24(22,23)14-5-3-2-4-10(14)9-17/h2-8,18H,1H3. The molecule has 0 fully saturated rings. The van der Waals surface area contributed by atoms with Crippen molar-refractivity contribution in [1.82, 2.24) is 4.90 Å². The van der Waals surface area contributed by atoms with Gasteiger partial charge in [-0.2, -0.15) is 5.26 Å². The van der Waals surface area contributed by atoms with Gasteiger partial charge in [0, 0.05) is 12.7 Å². The highest BCUT2D eigenvalue weighted by Gasteiger charge is 2.33. The number of nitrogens with one attached hydrogen (secondary N) is 1. The van der Waals surface area contributed by atoms with E-state index in [4.69, 9.17) is 5.26 Å². The van der Waals surface area contributed by atoms with E-state index in [1.165, 1.54) is 43.4 Å². The second-order valence-electron chi connectivity index (χ2n) is 5.14. The minimum atomic E-state index is -4.00. The number of nitriles is 1. The average Bonchev–Trinajstić information content (AvgIpc) is 2.79. The topological polar surface area (TPSA) is 107 Å². The number of carbonyl (C=O) groups is 2. The van der Waals surface area contributed by atoms with Crippen LogP contribution in [0.1, 0.15) is 26.3 Å². The number of nitrogens with zero attached hydrogens (tertiary/aromatic N) is 2. The van der Waals surface area contributed by atoms with Crippen LogP contribution < -0.4 is 4.72 Å². The lowest BCUT2D eigenvalue weighted by Crippen LogP contribution is -2.24. The number of benzene rings is 2. The van der Waals surface area contributed by atoms with Gasteiger partial charge in [0.2, 0.25) is 0 Å². The van der Waals surface area contributed by atoms with Gasteiger partial charge in [-0.05, 0) is 30.3 Å². The van der Waals surface area contributed by atoms with Gasteiger partial charge in [0.25, 0.3) is 21.8 Å². The molecule has 0 aliphatic carbocycles. The first-order chi connectivity index (χ1) is 11.3. The molecule has 1 N–H and O–H groups in total. The number of amides is 2. The maximum atomic E-state index is 12.5. The van der Waals surface area contributed by atoms with Crippen LogP contribution in [0.3, 0.4) is 0 Å². The smallest absolute Gasteiger partial charge is 0.263 e. The van der Waals surface area contributed by atoms with Crippen LogP contribution >= 0.6 is 0 Å². The molecule has 0 unspecified atom stereocenters. The predicted molar refractivity (Wildman–Crippen MR) is 84.8 cm³/mol. The van der Waals surface area contributed by atoms with Crippen molar-refractivity contribution < 1.29 is 18.0 Å². The fourth-order valence-corrected chi connectivity index (χ4v) is 3.64. The lowest BCUT2D eigenvalue weighted by molar-refractivity contribution is 0.0693. The third-order valence-corrected chi connectivity index (χ3v) is 5.08. The van der Waals surface area contributed by atoms with Gasteiger partial charge in [-0.1, -0.05) is 12.1 Å². The zero-order chi connectivity index (χ0) is 17.5. The fraction of sp³-hybridized carbons (Fsp3) is 0.0625. The highest BCUT2D eigenvalue weighted by Crippen LogP contribution is 2.26. The largest absolute Gasteiger partial charge is 0.280 e. The Morgan fingerprint density at radius 3 is 2.42 bits per heavy atom. The number of hydrogen-bond donors (Lipinski definition) is 1. The molecule has 7 nitrogen and oxygen atoms in total. The first kappa shape index (κ1) is 15.7. The maximum Gasteiger partial charge on any atom is 0.263 e. The molecule has 2 amide bonds. The summed E-state index contributed by atoms with van der Waals surface area (Å²) in [7, 11) is -2.64. The first-order valence-electron chi connectivity index (χ1n) is 6.83. The summed E-state index contributed by atoms with van der Waals surface area (Å²) in [5.74, 6) is -0.923. The Morgan fingerprint density at radius 2 is 1.71 bits per heavy atom. The van der Waals surface area contributed by atoms with Gasteiger partial charge in [0.15, 0.2) is 0 Å². The van der Waals surface area contributed by atoms with Gasteiger partial charge in [-0.15, -0.1) is 0 Å². The SMILES string of the molecule is CN1C(=O)c2ccc(NS(=O)(=O)c3ccccc3C#N)cc2C1=O. The summed E-state index contributed by atoms with van der Waals surface area (Å²) in [6.45, 7) is 0. The molecule has 3 rings (SSSR count). The van der Waals surface area contributed by atoms with Crippen molar-refractivity contribution in [1.29, 1.82) is 5.26 Å². The van der Waals surface area contributed by atoms with Gasteiger partial charge in [0.05, 0.1) is 16.7 Å². The van der Waals surface area contributed by atoms with Crippen LogP contribution in [-0.4, -0.2) is 32.2 Å². The Bertz CT molecular complexity index is 1020. The van der Waals surface area contributed by atoms with E-state index < -0.39 is 21.8 Å². The molecule has 0 bridgehead atoms. The van der Waals surface area contributed by atoms with E-state index in [-0.39, 0.29) is 27.3 Å². The Hall–Kier alpha value is -3.18. The van der Waals surface area contributed by atoms with Crippen molar-refractivity contribution in [2.75, 3.05) is 11.8 Å². The molecular weight excluding hydrogens is 330 g/mol. The third kappa shape index (κ3) is 2.41. The molecule has 0 aromatic heterocycles. The van der Waals surface area contributed by atoms with Gasteiger partial charge in [0.1, 0.15) is 11.0 Å². The number of imide groups is 1. The third-order valence-electron chi connectivity index (χ3n) is 3.64. The number of fused-ring (bicyclic) bond motifs is 1. The number of rotatable bonds is 3. The molecule has 0 spiro atoms. The molecule has 1 heterocycles. The van der Waals surface area contributed by atoms with E-state index in [1.54, 1.807) is 6.07 Å². The highest BCUT2D eigenvalue weighted by atomic mass is 32.2. The molecule has 1 aliphatic heterocycles. The zero-order valence-electron chi connectivity index (χ0n) is 12.5. The average molecular weight is 341 g/mol. The lowest BCUT2D eigenvalue weighted by atomic mass is 10.1. The summed E-state index contributed by atoms with van der Waals surface area (Å²) < 4.78 is 27.3. The van der Waals surface area contributed by atoms with Gasteiger partial charge >= 0.3 is 0 Å². The fourth-order valence-electron chi connectivity index (χ4n) is 2.43. The van der Waals surface area contributed by atoms with Gasteiger partial charge in [-0.3, -0.25) is 19.2 Å². The van der Waals surface area contributed by atoms with Crippen LogP contribution in [-0.2, 0) is 10.0 Å². The molecular formula is C16H11N3O4S. The summed E-state index contributed by atoms with van der Waals surface area (Å²) in [4.78, 5) is 24.6. The van der Waals surface area contributed by atoms with Gasteiger partial charge in [-0.25, -0.2) is 8.42 Å². The van der Waals surface area contributed by atoms with E-state index in [9.17, 15) is 18.0 Å². The van der Waals surface area contributed by atoms with E-state index in [2.05, 4.69) is 4.72 Å². The maximum absolute atomic E-state index is 12.5. The number of anilines is 1. The van der Waals surface area contributed by atoms with E-state index >= 15 is 0 Å². The van der Waals surface area contributed by atoms with Crippen molar-refractivity contribution in [2.45, 2.75) is 4.90 Å². The molecule has 2 aromatic carbocycles. The molecule has 0 radical (unpaired) electrons. The van der Waals surface area contributed by atoms with Crippen molar-refractivity contribution in [3.63, 3.8) is 0 Å². The molecule has 0 saturated carbocycles. The van der Waals surface area contributed by atoms with Crippen molar-refractivity contribution >= 4 is 27.5 Å². The van der Waals surface area contributed by atoms with E-state index in [0.717, 1.165) is 4.90 Å². The van der Waals surface area contributed by atoms with Crippen LogP contribution in [0.25, 0.3) is 0 Å². The van der Waals surface area contributed by atoms with Crippen molar-refractivity contribution in [2.24, 2.45) is 0 Å². The molecule has 2 aromatic rings. The number of carbonyl (C=O) groups excluding carboxylic acids is 2. The summed E-state index contributed by atoms with van der Waals surface area (Å²) >= 11 is 0. The molecule has 24 heavy (non-hydrogen) atoms. The molecule has 120 valence electrons. The highest BCUT2D eigenvalue weighted by molar-refractivity contribution is 7.92. The van der Waals surface area contributed by atoms with Crippen LogP contribution in [0.2, 0.25) is 0 Å². The van der Waals surface area contributed by atoms with Crippen molar-refractivity contribution in [3.05, 3.63) is 59.2 Å². The van der Waals surface area contributed by atoms with Gasteiger partial charge < -0.3 is 0 Å². The van der Waals surface area contributed by atoms with E-state index in [0.29, 0.717) is 0 Å². The summed E-state index contributed by atoms with van der Waals surface area (Å²) in [5.41, 5.74) is 0.509. The quantitative estimate of drug-likeness (QED) is 0.853. The van der Waals surface area contributed by atoms with Crippen LogP contribution in [0, 0.1) is 11.3 Å². The Morgan fingerprint density at radius 1 is 1.04 bits per heavy atom.